The molecular weight excluding hydrogens is 323 g/mol. The van der Waals surface area contributed by atoms with Crippen molar-refractivity contribution in [3.63, 3.8) is 0 Å². The van der Waals surface area contributed by atoms with Gasteiger partial charge in [0.05, 0.1) is 21.8 Å². The van der Waals surface area contributed by atoms with Crippen molar-refractivity contribution in [1.82, 2.24) is 10.3 Å². The van der Waals surface area contributed by atoms with Crippen molar-refractivity contribution < 1.29 is 0 Å². The van der Waals surface area contributed by atoms with Crippen LogP contribution in [0.2, 0.25) is 10.0 Å². The second kappa shape index (κ2) is 6.66. The van der Waals surface area contributed by atoms with Gasteiger partial charge in [0.25, 0.3) is 0 Å². The number of hydrogen-bond acceptors (Lipinski definition) is 3. The lowest BCUT2D eigenvalue weighted by Crippen LogP contribution is -2.23. The lowest BCUT2D eigenvalue weighted by Gasteiger charge is -2.18. The molecule has 1 N–H and O–H groups in total. The Morgan fingerprint density at radius 2 is 2.19 bits per heavy atom. The van der Waals surface area contributed by atoms with Crippen molar-refractivity contribution in [3.8, 4) is 0 Å². The van der Waals surface area contributed by atoms with Gasteiger partial charge in [-0.25, -0.2) is 4.98 Å². The summed E-state index contributed by atoms with van der Waals surface area (Å²) in [7, 11) is 0. The van der Waals surface area contributed by atoms with Crippen LogP contribution in [0.5, 0.6) is 0 Å². The van der Waals surface area contributed by atoms with Crippen LogP contribution in [0.4, 0.5) is 0 Å². The molecule has 1 aliphatic rings. The first-order chi connectivity index (χ1) is 10.2. The Balaban J connectivity index is 1.98. The van der Waals surface area contributed by atoms with Crippen molar-refractivity contribution in [3.05, 3.63) is 49.4 Å². The van der Waals surface area contributed by atoms with Gasteiger partial charge in [-0.15, -0.1) is 11.3 Å². The number of benzene rings is 1. The highest BCUT2D eigenvalue weighted by atomic mass is 35.5. The van der Waals surface area contributed by atoms with Gasteiger partial charge in [-0.1, -0.05) is 42.3 Å². The van der Waals surface area contributed by atoms with Crippen molar-refractivity contribution in [2.75, 3.05) is 6.54 Å². The van der Waals surface area contributed by atoms with Gasteiger partial charge in [-0.05, 0) is 43.9 Å². The molecule has 5 heteroatoms. The molecule has 1 unspecified atom stereocenters. The van der Waals surface area contributed by atoms with Crippen molar-refractivity contribution in [2.45, 2.75) is 38.6 Å². The van der Waals surface area contributed by atoms with Crippen LogP contribution in [0.25, 0.3) is 0 Å². The van der Waals surface area contributed by atoms with E-state index in [-0.39, 0.29) is 6.04 Å². The number of nitrogens with one attached hydrogen (secondary N) is 1. The summed E-state index contributed by atoms with van der Waals surface area (Å²) in [5.74, 6) is 0. The van der Waals surface area contributed by atoms with Gasteiger partial charge in [0.15, 0.2) is 0 Å². The van der Waals surface area contributed by atoms with E-state index >= 15 is 0 Å². The Labute approximate surface area is 139 Å². The largest absolute Gasteiger partial charge is 0.304 e. The number of halogens is 2. The fraction of sp³-hybridized carbons (Fsp3) is 0.438. The lowest BCUT2D eigenvalue weighted by molar-refractivity contribution is 0.594. The first-order valence-electron chi connectivity index (χ1n) is 7.36. The van der Waals surface area contributed by atoms with Gasteiger partial charge in [0, 0.05) is 4.88 Å². The third kappa shape index (κ3) is 3.11. The number of rotatable bonds is 5. The van der Waals surface area contributed by atoms with Crippen LogP contribution in [0.3, 0.4) is 0 Å². The molecule has 1 atom stereocenters. The molecule has 0 bridgehead atoms. The Bertz CT molecular complexity index is 618. The van der Waals surface area contributed by atoms with E-state index < -0.39 is 0 Å². The summed E-state index contributed by atoms with van der Waals surface area (Å²) in [5.41, 5.74) is 2.29. The maximum Gasteiger partial charge on any atom is 0.115 e. The molecular formula is C16H18Cl2N2S. The predicted molar refractivity (Wildman–Crippen MR) is 90.7 cm³/mol. The van der Waals surface area contributed by atoms with Gasteiger partial charge in [0.1, 0.15) is 5.01 Å². The minimum absolute atomic E-state index is 0.0340. The lowest BCUT2D eigenvalue weighted by atomic mass is 10.1. The van der Waals surface area contributed by atoms with E-state index in [9.17, 15) is 0 Å². The van der Waals surface area contributed by atoms with Gasteiger partial charge in [-0.2, -0.15) is 0 Å². The van der Waals surface area contributed by atoms with Gasteiger partial charge >= 0.3 is 0 Å². The van der Waals surface area contributed by atoms with Gasteiger partial charge in [0.2, 0.25) is 0 Å². The summed E-state index contributed by atoms with van der Waals surface area (Å²) in [4.78, 5) is 6.28. The molecule has 0 amide bonds. The van der Waals surface area contributed by atoms with Crippen molar-refractivity contribution in [1.29, 1.82) is 0 Å². The van der Waals surface area contributed by atoms with E-state index in [0.29, 0.717) is 10.0 Å². The summed E-state index contributed by atoms with van der Waals surface area (Å²) in [6.45, 7) is 3.09. The highest BCUT2D eigenvalue weighted by Gasteiger charge is 2.24. The van der Waals surface area contributed by atoms with Gasteiger partial charge in [-0.3, -0.25) is 0 Å². The smallest absolute Gasteiger partial charge is 0.115 e. The molecule has 0 radical (unpaired) electrons. The fourth-order valence-electron chi connectivity index (χ4n) is 2.70. The summed E-state index contributed by atoms with van der Waals surface area (Å²) >= 11 is 14.4. The summed E-state index contributed by atoms with van der Waals surface area (Å²) in [6.07, 6.45) is 4.57. The van der Waals surface area contributed by atoms with Crippen LogP contribution in [0, 0.1) is 0 Å². The number of nitrogens with zero attached hydrogens (tertiary/aromatic N) is 1. The molecule has 1 aromatic carbocycles. The molecule has 1 aliphatic carbocycles. The Kier molecular flexibility index (Phi) is 4.85. The minimum atomic E-state index is 0.0340. The molecule has 0 saturated heterocycles. The standard InChI is InChI=1S/C16H18Cl2N2S/c1-2-9-19-15(10-5-3-6-11(17)14(10)18)16-20-12-7-4-8-13(12)21-16/h3,5-6,15,19H,2,4,7-9H2,1H3. The van der Waals surface area contributed by atoms with Gasteiger partial charge < -0.3 is 5.32 Å². The number of aromatic nitrogens is 1. The monoisotopic (exact) mass is 340 g/mol. The second-order valence-corrected chi connectivity index (χ2v) is 7.21. The average molecular weight is 341 g/mol. The van der Waals surface area contributed by atoms with E-state index in [4.69, 9.17) is 28.2 Å². The maximum atomic E-state index is 6.42. The third-order valence-corrected chi connectivity index (χ3v) is 5.81. The van der Waals surface area contributed by atoms with Crippen LogP contribution in [-0.4, -0.2) is 11.5 Å². The second-order valence-electron chi connectivity index (χ2n) is 5.31. The summed E-state index contributed by atoms with van der Waals surface area (Å²) < 4.78 is 0. The predicted octanol–water partition coefficient (Wildman–Crippen LogP) is 5.03. The Hall–Kier alpha value is -0.610. The maximum absolute atomic E-state index is 6.42. The normalized spacial score (nSPS) is 15.2. The van der Waals surface area contributed by atoms with Crippen LogP contribution in [0.1, 0.15) is 46.9 Å². The fourth-order valence-corrected chi connectivity index (χ4v) is 4.36. The first-order valence-corrected chi connectivity index (χ1v) is 8.93. The van der Waals surface area contributed by atoms with E-state index in [2.05, 4.69) is 12.2 Å². The molecule has 2 aromatic rings. The molecule has 2 nitrogen and oxygen atoms in total. The van der Waals surface area contributed by atoms with Crippen molar-refractivity contribution in [2.24, 2.45) is 0 Å². The molecule has 21 heavy (non-hydrogen) atoms. The van der Waals surface area contributed by atoms with Crippen molar-refractivity contribution >= 4 is 34.5 Å². The highest BCUT2D eigenvalue weighted by Crippen LogP contribution is 2.37. The topological polar surface area (TPSA) is 24.9 Å². The summed E-state index contributed by atoms with van der Waals surface area (Å²) in [6, 6.07) is 5.85. The third-order valence-electron chi connectivity index (χ3n) is 3.75. The van der Waals surface area contributed by atoms with E-state index in [1.807, 2.05) is 29.5 Å². The van der Waals surface area contributed by atoms with Crippen LogP contribution < -0.4 is 5.32 Å². The summed E-state index contributed by atoms with van der Waals surface area (Å²) in [5, 5.41) is 5.90. The highest BCUT2D eigenvalue weighted by molar-refractivity contribution is 7.11. The van der Waals surface area contributed by atoms with E-state index in [0.717, 1.165) is 36.4 Å². The minimum Gasteiger partial charge on any atom is -0.304 e. The van der Waals surface area contributed by atoms with E-state index in [1.165, 1.54) is 17.0 Å². The number of aryl methyl sites for hydroxylation is 2. The van der Waals surface area contributed by atoms with E-state index in [1.54, 1.807) is 0 Å². The van der Waals surface area contributed by atoms with Crippen LogP contribution in [0.15, 0.2) is 18.2 Å². The molecule has 0 saturated carbocycles. The zero-order valence-corrected chi connectivity index (χ0v) is 14.3. The SMILES string of the molecule is CCCNC(c1nc2c(s1)CCC2)c1cccc(Cl)c1Cl. The molecule has 1 heterocycles. The zero-order valence-electron chi connectivity index (χ0n) is 12.0. The molecule has 0 spiro atoms. The average Bonchev–Trinajstić information content (AvgIpc) is 3.05. The number of fused-ring (bicyclic) bond motifs is 1. The number of hydrogen-bond donors (Lipinski definition) is 1. The first kappa shape index (κ1) is 15.3. The van der Waals surface area contributed by atoms with Crippen LogP contribution >= 0.6 is 34.5 Å². The van der Waals surface area contributed by atoms with Crippen LogP contribution in [-0.2, 0) is 12.8 Å². The zero-order chi connectivity index (χ0) is 14.8. The molecule has 112 valence electrons. The molecule has 1 aromatic heterocycles. The quantitative estimate of drug-likeness (QED) is 0.825. The molecule has 3 rings (SSSR count). The molecule has 0 aliphatic heterocycles. The Morgan fingerprint density at radius 3 is 2.95 bits per heavy atom. The number of thiazole rings is 1. The molecule has 0 fully saturated rings. The Morgan fingerprint density at radius 1 is 1.33 bits per heavy atom.